The van der Waals surface area contributed by atoms with Gasteiger partial charge in [-0.2, -0.15) is 0 Å². The van der Waals surface area contributed by atoms with Crippen LogP contribution < -0.4 is 10.6 Å². The van der Waals surface area contributed by atoms with Crippen molar-refractivity contribution < 1.29 is 9.53 Å². The van der Waals surface area contributed by atoms with Gasteiger partial charge >= 0.3 is 0 Å². The summed E-state index contributed by atoms with van der Waals surface area (Å²) in [5, 5.41) is 6.12. The predicted octanol–water partition coefficient (Wildman–Crippen LogP) is 1.48. The normalized spacial score (nSPS) is 16.7. The van der Waals surface area contributed by atoms with Crippen LogP contribution in [0.1, 0.15) is 31.9 Å². The van der Waals surface area contributed by atoms with Gasteiger partial charge in [0, 0.05) is 52.4 Å². The van der Waals surface area contributed by atoms with E-state index >= 15 is 0 Å². The number of hydrogen-bond acceptors (Lipinski definition) is 4. The Kier molecular flexibility index (Phi) is 9.79. The number of aliphatic imine (C=N–C) groups is 1. The van der Waals surface area contributed by atoms with Gasteiger partial charge in [-0.15, -0.1) is 0 Å². The minimum absolute atomic E-state index is 0.0822. The van der Waals surface area contributed by atoms with E-state index in [1.54, 1.807) is 7.11 Å². The van der Waals surface area contributed by atoms with E-state index in [2.05, 4.69) is 62.7 Å². The van der Waals surface area contributed by atoms with Crippen LogP contribution in [-0.4, -0.2) is 81.2 Å². The van der Waals surface area contributed by atoms with Gasteiger partial charge in [0.2, 0.25) is 5.91 Å². The van der Waals surface area contributed by atoms with Gasteiger partial charge in [-0.05, 0) is 18.9 Å². The monoisotopic (exact) mass is 389 g/mol. The molecular weight excluding hydrogens is 354 g/mol. The summed E-state index contributed by atoms with van der Waals surface area (Å²) in [5.74, 6) is 0.734. The Morgan fingerprint density at radius 1 is 1.14 bits per heavy atom. The lowest BCUT2D eigenvalue weighted by atomic mass is 10.0. The summed E-state index contributed by atoms with van der Waals surface area (Å²) in [7, 11) is 1.62. The fourth-order valence-corrected chi connectivity index (χ4v) is 3.55. The third-order valence-corrected chi connectivity index (χ3v) is 4.96. The number of nitrogens with one attached hydrogen (secondary N) is 2. The van der Waals surface area contributed by atoms with Crippen LogP contribution in [0.2, 0.25) is 0 Å². The van der Waals surface area contributed by atoms with Crippen LogP contribution in [0.4, 0.5) is 0 Å². The molecule has 0 saturated carbocycles. The number of guanidine groups is 1. The molecule has 1 heterocycles. The number of piperazine rings is 1. The molecule has 0 radical (unpaired) electrons. The zero-order valence-electron chi connectivity index (χ0n) is 17.5. The Morgan fingerprint density at radius 3 is 2.46 bits per heavy atom. The van der Waals surface area contributed by atoms with Crippen molar-refractivity contribution >= 4 is 11.9 Å². The van der Waals surface area contributed by atoms with E-state index in [9.17, 15) is 4.79 Å². The SMILES string of the molecule is CCNC(=NCC(=O)NCCOC)N1CCN(C(CC)c2ccccc2)CC1. The maximum absolute atomic E-state index is 11.9. The quantitative estimate of drug-likeness (QED) is 0.380. The van der Waals surface area contributed by atoms with Crippen molar-refractivity contribution in [2.75, 3.05) is 59.5 Å². The fraction of sp³-hybridized carbons (Fsp3) is 0.619. The van der Waals surface area contributed by atoms with Crippen LogP contribution >= 0.6 is 0 Å². The first-order chi connectivity index (χ1) is 13.7. The van der Waals surface area contributed by atoms with Crippen LogP contribution in [-0.2, 0) is 9.53 Å². The molecule has 156 valence electrons. The van der Waals surface area contributed by atoms with E-state index in [0.29, 0.717) is 19.2 Å². The van der Waals surface area contributed by atoms with Gasteiger partial charge < -0.3 is 20.3 Å². The molecule has 1 atom stereocenters. The number of methoxy groups -OCH3 is 1. The van der Waals surface area contributed by atoms with Gasteiger partial charge in [0.1, 0.15) is 6.54 Å². The summed E-state index contributed by atoms with van der Waals surface area (Å²) in [6.45, 7) is 10.0. The number of carbonyl (C=O) groups excluding carboxylic acids is 1. The van der Waals surface area contributed by atoms with Gasteiger partial charge in [0.25, 0.3) is 0 Å². The fourth-order valence-electron chi connectivity index (χ4n) is 3.55. The molecule has 1 saturated heterocycles. The molecule has 2 rings (SSSR count). The van der Waals surface area contributed by atoms with Gasteiger partial charge in [-0.25, -0.2) is 4.99 Å². The number of hydrogen-bond donors (Lipinski definition) is 2. The van der Waals surface area contributed by atoms with E-state index in [-0.39, 0.29) is 12.5 Å². The lowest BCUT2D eigenvalue weighted by molar-refractivity contribution is -0.119. The Labute approximate surface area is 169 Å². The second kappa shape index (κ2) is 12.4. The molecule has 1 aliphatic rings. The third kappa shape index (κ3) is 6.80. The summed E-state index contributed by atoms with van der Waals surface area (Å²) in [5.41, 5.74) is 1.38. The maximum atomic E-state index is 11.9. The van der Waals surface area contributed by atoms with Gasteiger partial charge in [0.05, 0.1) is 6.61 Å². The molecule has 1 aliphatic heterocycles. The Bertz CT molecular complexity index is 600. The number of amides is 1. The van der Waals surface area contributed by atoms with Crippen molar-refractivity contribution in [3.63, 3.8) is 0 Å². The number of ether oxygens (including phenoxy) is 1. The zero-order valence-corrected chi connectivity index (χ0v) is 17.5. The second-order valence-electron chi connectivity index (χ2n) is 6.87. The second-order valence-corrected chi connectivity index (χ2v) is 6.87. The highest BCUT2D eigenvalue weighted by Gasteiger charge is 2.25. The maximum Gasteiger partial charge on any atom is 0.241 e. The van der Waals surface area contributed by atoms with Gasteiger partial charge in [-0.3, -0.25) is 9.69 Å². The molecule has 1 amide bonds. The first kappa shape index (κ1) is 22.2. The smallest absolute Gasteiger partial charge is 0.241 e. The minimum Gasteiger partial charge on any atom is -0.383 e. The highest BCUT2D eigenvalue weighted by Crippen LogP contribution is 2.25. The molecule has 0 spiro atoms. The summed E-state index contributed by atoms with van der Waals surface area (Å²) >= 11 is 0. The molecule has 0 aliphatic carbocycles. The van der Waals surface area contributed by atoms with E-state index in [0.717, 1.165) is 45.1 Å². The molecule has 2 N–H and O–H groups in total. The van der Waals surface area contributed by atoms with Crippen LogP contribution in [0.15, 0.2) is 35.3 Å². The highest BCUT2D eigenvalue weighted by atomic mass is 16.5. The molecule has 28 heavy (non-hydrogen) atoms. The average Bonchev–Trinajstić information content (AvgIpc) is 2.73. The first-order valence-corrected chi connectivity index (χ1v) is 10.3. The van der Waals surface area contributed by atoms with Crippen molar-refractivity contribution in [3.05, 3.63) is 35.9 Å². The van der Waals surface area contributed by atoms with Gasteiger partial charge in [-0.1, -0.05) is 37.3 Å². The number of benzene rings is 1. The summed E-state index contributed by atoms with van der Waals surface area (Å²) in [6, 6.07) is 11.2. The predicted molar refractivity (Wildman–Crippen MR) is 113 cm³/mol. The van der Waals surface area contributed by atoms with E-state index < -0.39 is 0 Å². The molecule has 1 aromatic carbocycles. The zero-order chi connectivity index (χ0) is 20.2. The standard InChI is InChI=1S/C21H35N5O2/c1-4-19(18-9-7-6-8-10-18)25-12-14-26(15-13-25)21(22-5-2)24-17-20(27)23-11-16-28-3/h6-10,19H,4-5,11-17H2,1-3H3,(H,22,24)(H,23,27). The van der Waals surface area contributed by atoms with E-state index in [4.69, 9.17) is 4.74 Å². The van der Waals surface area contributed by atoms with Crippen molar-refractivity contribution in [3.8, 4) is 0 Å². The Hall–Kier alpha value is -2.12. The average molecular weight is 390 g/mol. The Balaban J connectivity index is 1.90. The van der Waals surface area contributed by atoms with Crippen LogP contribution in [0.3, 0.4) is 0 Å². The molecule has 7 heteroatoms. The lowest BCUT2D eigenvalue weighted by Gasteiger charge is -2.40. The number of rotatable bonds is 9. The molecule has 7 nitrogen and oxygen atoms in total. The van der Waals surface area contributed by atoms with Crippen LogP contribution in [0, 0.1) is 0 Å². The third-order valence-electron chi connectivity index (χ3n) is 4.96. The summed E-state index contributed by atoms with van der Waals surface area (Å²) in [6.07, 6.45) is 1.10. The van der Waals surface area contributed by atoms with Crippen molar-refractivity contribution in [2.45, 2.75) is 26.3 Å². The first-order valence-electron chi connectivity index (χ1n) is 10.3. The van der Waals surface area contributed by atoms with E-state index in [1.165, 1.54) is 5.56 Å². The summed E-state index contributed by atoms with van der Waals surface area (Å²) in [4.78, 5) is 21.2. The lowest BCUT2D eigenvalue weighted by Crippen LogP contribution is -2.53. The molecule has 1 aromatic rings. The minimum atomic E-state index is -0.0822. The number of nitrogens with zero attached hydrogens (tertiary/aromatic N) is 3. The molecular formula is C21H35N5O2. The largest absolute Gasteiger partial charge is 0.383 e. The number of carbonyl (C=O) groups is 1. The van der Waals surface area contributed by atoms with Crippen molar-refractivity contribution in [1.82, 2.24) is 20.4 Å². The highest BCUT2D eigenvalue weighted by molar-refractivity contribution is 5.85. The van der Waals surface area contributed by atoms with Crippen LogP contribution in [0.25, 0.3) is 0 Å². The Morgan fingerprint density at radius 2 is 1.86 bits per heavy atom. The molecule has 0 aromatic heterocycles. The van der Waals surface area contributed by atoms with Crippen molar-refractivity contribution in [2.24, 2.45) is 4.99 Å². The summed E-state index contributed by atoms with van der Waals surface area (Å²) < 4.78 is 4.95. The van der Waals surface area contributed by atoms with Crippen LogP contribution in [0.5, 0.6) is 0 Å². The van der Waals surface area contributed by atoms with Gasteiger partial charge in [0.15, 0.2) is 5.96 Å². The molecule has 0 bridgehead atoms. The van der Waals surface area contributed by atoms with Crippen molar-refractivity contribution in [1.29, 1.82) is 0 Å². The molecule has 1 unspecified atom stereocenters. The molecule has 1 fully saturated rings. The topological polar surface area (TPSA) is 69.2 Å². The van der Waals surface area contributed by atoms with E-state index in [1.807, 2.05) is 6.92 Å².